The van der Waals surface area contributed by atoms with Crippen molar-refractivity contribution in [2.75, 3.05) is 7.11 Å². The van der Waals surface area contributed by atoms with E-state index in [9.17, 15) is 14.3 Å². The molecular formula is C9H10FO3-. The number of ether oxygens (including phenoxy) is 1. The van der Waals surface area contributed by atoms with E-state index in [4.69, 9.17) is 0 Å². The molecule has 0 aromatic carbocycles. The van der Waals surface area contributed by atoms with Gasteiger partial charge in [-0.05, 0) is 18.6 Å². The Morgan fingerprint density at radius 3 is 2.85 bits per heavy atom. The minimum absolute atomic E-state index is 0.627. The minimum Gasteiger partial charge on any atom is -0.549 e. The molecule has 0 bridgehead atoms. The number of carbonyl (C=O) groups excluding carboxylic acids is 1. The lowest BCUT2D eigenvalue weighted by Gasteiger charge is -2.31. The molecule has 0 radical (unpaired) electrons. The van der Waals surface area contributed by atoms with Crippen LogP contribution in [0.5, 0.6) is 0 Å². The van der Waals surface area contributed by atoms with Gasteiger partial charge in [0.2, 0.25) is 5.85 Å². The van der Waals surface area contributed by atoms with E-state index in [0.717, 1.165) is 13.2 Å². The van der Waals surface area contributed by atoms with E-state index in [1.165, 1.54) is 12.2 Å². The molecule has 13 heavy (non-hydrogen) atoms. The molecule has 3 nitrogen and oxygen atoms in total. The zero-order valence-electron chi connectivity index (χ0n) is 7.41. The largest absolute Gasteiger partial charge is 0.549 e. The maximum Gasteiger partial charge on any atom is 0.240 e. The highest BCUT2D eigenvalue weighted by molar-refractivity contribution is 5.72. The summed E-state index contributed by atoms with van der Waals surface area (Å²) in [5, 5.41) is 10.5. The van der Waals surface area contributed by atoms with Crippen LogP contribution in [0.1, 0.15) is 6.92 Å². The average molecular weight is 185 g/mol. The Morgan fingerprint density at radius 1 is 1.77 bits per heavy atom. The lowest BCUT2D eigenvalue weighted by atomic mass is 9.92. The topological polar surface area (TPSA) is 49.4 Å². The number of allylic oxidation sites excluding steroid dienone is 2. The quantitative estimate of drug-likeness (QED) is 0.616. The molecular weight excluding hydrogens is 175 g/mol. The third-order valence-corrected chi connectivity index (χ3v) is 1.97. The fourth-order valence-electron chi connectivity index (χ4n) is 1.25. The van der Waals surface area contributed by atoms with E-state index in [2.05, 4.69) is 4.74 Å². The summed E-state index contributed by atoms with van der Waals surface area (Å²) in [6, 6.07) is 0. The summed E-state index contributed by atoms with van der Waals surface area (Å²) < 4.78 is 18.2. The predicted molar refractivity (Wildman–Crippen MR) is 42.2 cm³/mol. The molecule has 2 unspecified atom stereocenters. The number of hydrogen-bond donors (Lipinski definition) is 0. The molecule has 0 heterocycles. The number of carboxylic acids is 1. The maximum absolute atomic E-state index is 13.7. The molecule has 0 aromatic heterocycles. The summed E-state index contributed by atoms with van der Waals surface area (Å²) in [5.41, 5.74) is 0.627. The zero-order chi connectivity index (χ0) is 10.1. The normalized spacial score (nSPS) is 32.8. The van der Waals surface area contributed by atoms with Crippen LogP contribution in [0, 0.1) is 5.92 Å². The highest BCUT2D eigenvalue weighted by Gasteiger charge is 2.38. The molecule has 1 aliphatic rings. The molecule has 0 aliphatic heterocycles. The summed E-state index contributed by atoms with van der Waals surface area (Å²) in [7, 11) is 1.12. The van der Waals surface area contributed by atoms with Gasteiger partial charge >= 0.3 is 0 Å². The van der Waals surface area contributed by atoms with Gasteiger partial charge in [-0.25, -0.2) is 4.39 Å². The number of methoxy groups -OCH3 is 1. The Bertz CT molecular complexity index is 283. The second-order valence-corrected chi connectivity index (χ2v) is 2.95. The van der Waals surface area contributed by atoms with Gasteiger partial charge in [0.15, 0.2) is 0 Å². The first-order chi connectivity index (χ1) is 5.99. The van der Waals surface area contributed by atoms with Crippen LogP contribution in [0.3, 0.4) is 0 Å². The van der Waals surface area contributed by atoms with Crippen molar-refractivity contribution in [1.29, 1.82) is 0 Å². The van der Waals surface area contributed by atoms with Gasteiger partial charge in [-0.15, -0.1) is 0 Å². The summed E-state index contributed by atoms with van der Waals surface area (Å²) in [5.74, 6) is -5.14. The van der Waals surface area contributed by atoms with Crippen LogP contribution >= 0.6 is 0 Å². The number of alkyl halides is 1. The first kappa shape index (κ1) is 9.92. The molecule has 0 spiro atoms. The van der Waals surface area contributed by atoms with Gasteiger partial charge in [-0.2, -0.15) is 0 Å². The number of aliphatic carboxylic acids is 1. The first-order valence-corrected chi connectivity index (χ1v) is 3.82. The second kappa shape index (κ2) is 3.30. The summed E-state index contributed by atoms with van der Waals surface area (Å²) in [6.07, 6.45) is 3.89. The molecule has 1 aliphatic carbocycles. The zero-order valence-corrected chi connectivity index (χ0v) is 7.41. The Labute approximate surface area is 75.5 Å². The summed E-state index contributed by atoms with van der Waals surface area (Å²) >= 11 is 0. The Kier molecular flexibility index (Phi) is 2.52. The maximum atomic E-state index is 13.7. The van der Waals surface area contributed by atoms with Crippen molar-refractivity contribution in [3.05, 3.63) is 23.8 Å². The molecule has 0 saturated heterocycles. The smallest absolute Gasteiger partial charge is 0.240 e. The van der Waals surface area contributed by atoms with Gasteiger partial charge in [-0.1, -0.05) is 12.2 Å². The number of carboxylic acid groups (broad SMARTS) is 1. The van der Waals surface area contributed by atoms with Crippen LogP contribution in [0.15, 0.2) is 23.8 Å². The van der Waals surface area contributed by atoms with Crippen LogP contribution in [0.2, 0.25) is 0 Å². The fraction of sp³-hybridized carbons (Fsp3) is 0.444. The molecule has 1 rings (SSSR count). The molecule has 0 amide bonds. The molecule has 2 atom stereocenters. The van der Waals surface area contributed by atoms with Gasteiger partial charge < -0.3 is 14.6 Å². The Morgan fingerprint density at radius 2 is 2.38 bits per heavy atom. The van der Waals surface area contributed by atoms with Gasteiger partial charge in [0.05, 0.1) is 11.9 Å². The van der Waals surface area contributed by atoms with Crippen molar-refractivity contribution in [2.24, 2.45) is 5.92 Å². The second-order valence-electron chi connectivity index (χ2n) is 2.95. The third-order valence-electron chi connectivity index (χ3n) is 1.97. The van der Waals surface area contributed by atoms with Crippen molar-refractivity contribution in [2.45, 2.75) is 12.8 Å². The van der Waals surface area contributed by atoms with E-state index >= 15 is 0 Å². The van der Waals surface area contributed by atoms with E-state index in [-0.39, 0.29) is 0 Å². The lowest BCUT2D eigenvalue weighted by molar-refractivity contribution is -0.318. The predicted octanol–water partition coefficient (Wildman–Crippen LogP) is 0.181. The van der Waals surface area contributed by atoms with Gasteiger partial charge in [0, 0.05) is 7.11 Å². The highest BCUT2D eigenvalue weighted by Crippen LogP contribution is 2.31. The van der Waals surface area contributed by atoms with Gasteiger partial charge in [-0.3, -0.25) is 0 Å². The molecule has 0 aromatic rings. The van der Waals surface area contributed by atoms with Crippen LogP contribution in [-0.2, 0) is 9.53 Å². The molecule has 72 valence electrons. The monoisotopic (exact) mass is 185 g/mol. The van der Waals surface area contributed by atoms with E-state index in [1.54, 1.807) is 6.92 Å². The Hall–Kier alpha value is -1.16. The lowest BCUT2D eigenvalue weighted by Crippen LogP contribution is -2.45. The van der Waals surface area contributed by atoms with E-state index < -0.39 is 17.7 Å². The number of halogens is 1. The van der Waals surface area contributed by atoms with Crippen LogP contribution in [0.4, 0.5) is 4.39 Å². The average Bonchev–Trinajstić information content (AvgIpc) is 2.03. The standard InChI is InChI=1S/C9H11FO3/c1-6-3-4-7(8(11)12)9(10,5-6)13-2/h3-5,7H,1-2H3,(H,11,12)/p-1. The van der Waals surface area contributed by atoms with Crippen LogP contribution < -0.4 is 5.11 Å². The van der Waals surface area contributed by atoms with Crippen molar-refractivity contribution in [1.82, 2.24) is 0 Å². The SMILES string of the molecule is COC1(F)C=C(C)C=CC1C(=O)[O-]. The molecule has 4 heteroatoms. The summed E-state index contributed by atoms with van der Waals surface area (Å²) in [6.45, 7) is 1.66. The van der Waals surface area contributed by atoms with Crippen molar-refractivity contribution in [3.63, 3.8) is 0 Å². The molecule has 0 fully saturated rings. The van der Waals surface area contributed by atoms with E-state index in [0.29, 0.717) is 5.57 Å². The van der Waals surface area contributed by atoms with Crippen LogP contribution in [0.25, 0.3) is 0 Å². The van der Waals surface area contributed by atoms with Gasteiger partial charge in [0.1, 0.15) is 0 Å². The fourth-order valence-corrected chi connectivity index (χ4v) is 1.25. The Balaban J connectivity index is 3.01. The van der Waals surface area contributed by atoms with Gasteiger partial charge in [0.25, 0.3) is 0 Å². The first-order valence-electron chi connectivity index (χ1n) is 3.82. The summed E-state index contributed by atoms with van der Waals surface area (Å²) in [4.78, 5) is 10.5. The minimum atomic E-state index is -2.28. The highest BCUT2D eigenvalue weighted by atomic mass is 19.2. The van der Waals surface area contributed by atoms with Crippen molar-refractivity contribution in [3.8, 4) is 0 Å². The third kappa shape index (κ3) is 1.78. The van der Waals surface area contributed by atoms with E-state index in [1.807, 2.05) is 0 Å². The van der Waals surface area contributed by atoms with Crippen LogP contribution in [-0.4, -0.2) is 18.9 Å². The molecule has 0 saturated carbocycles. The number of carbonyl (C=O) groups is 1. The van der Waals surface area contributed by atoms with Crippen molar-refractivity contribution < 1.29 is 19.0 Å². The number of rotatable bonds is 2. The van der Waals surface area contributed by atoms with Crippen molar-refractivity contribution >= 4 is 5.97 Å². The molecule has 0 N–H and O–H groups in total. The number of hydrogen-bond acceptors (Lipinski definition) is 3.